The maximum Gasteiger partial charge on any atom is 0.319 e. The first kappa shape index (κ1) is 22.7. The molecule has 0 spiro atoms. The van der Waals surface area contributed by atoms with Gasteiger partial charge in [-0.3, -0.25) is 4.79 Å². The molecule has 0 saturated heterocycles. The first-order valence-electron chi connectivity index (χ1n) is 10.5. The van der Waals surface area contributed by atoms with Crippen LogP contribution >= 0.6 is 0 Å². The summed E-state index contributed by atoms with van der Waals surface area (Å²) in [5, 5.41) is 39.2. The predicted molar refractivity (Wildman–Crippen MR) is 125 cm³/mol. The van der Waals surface area contributed by atoms with Gasteiger partial charge in [0.05, 0.1) is 23.9 Å². The van der Waals surface area contributed by atoms with Crippen LogP contribution in [-0.2, 0) is 6.54 Å². The zero-order chi connectivity index (χ0) is 24.4. The molecule has 0 aliphatic heterocycles. The molecule has 34 heavy (non-hydrogen) atoms. The number of rotatable bonds is 6. The number of carbonyl (C=O) groups is 1. The molecule has 0 aliphatic rings. The van der Waals surface area contributed by atoms with Crippen LogP contribution in [0, 0.1) is 6.92 Å². The van der Waals surface area contributed by atoms with E-state index in [1.807, 2.05) is 37.3 Å². The average molecular weight is 460 g/mol. The van der Waals surface area contributed by atoms with Gasteiger partial charge in [0.2, 0.25) is 0 Å². The van der Waals surface area contributed by atoms with Gasteiger partial charge < -0.3 is 25.0 Å². The summed E-state index contributed by atoms with van der Waals surface area (Å²) in [5.74, 6) is -0.422. The van der Waals surface area contributed by atoms with E-state index < -0.39 is 5.91 Å². The van der Waals surface area contributed by atoms with E-state index in [9.17, 15) is 20.1 Å². The molecule has 0 unspecified atom stereocenters. The molecule has 0 atom stereocenters. The summed E-state index contributed by atoms with van der Waals surface area (Å²) < 4.78 is 6.72. The van der Waals surface area contributed by atoms with Gasteiger partial charge in [0.15, 0.2) is 5.82 Å². The number of aryl methyl sites for hydroxylation is 1. The van der Waals surface area contributed by atoms with Crippen LogP contribution in [0.5, 0.6) is 23.3 Å². The molecule has 4 aromatic rings. The number of phenolic OH excluding ortho intramolecular Hbond substituents is 2. The molecule has 0 saturated carbocycles. The third-order valence-electron chi connectivity index (χ3n) is 5.53. The minimum atomic E-state index is -0.476. The Morgan fingerprint density at radius 2 is 1.71 bits per heavy atom. The number of hydrogen-bond donors (Lipinski definition) is 3. The van der Waals surface area contributed by atoms with Crippen molar-refractivity contribution >= 4 is 5.91 Å². The van der Waals surface area contributed by atoms with Gasteiger partial charge >= 0.3 is 6.01 Å². The van der Waals surface area contributed by atoms with E-state index in [2.05, 4.69) is 10.2 Å². The van der Waals surface area contributed by atoms with Crippen molar-refractivity contribution in [1.29, 1.82) is 0 Å². The third kappa shape index (κ3) is 4.11. The van der Waals surface area contributed by atoms with Crippen LogP contribution < -0.4 is 4.74 Å². The Morgan fingerprint density at radius 3 is 2.44 bits per heavy atom. The van der Waals surface area contributed by atoms with Crippen molar-refractivity contribution in [1.82, 2.24) is 19.7 Å². The van der Waals surface area contributed by atoms with Crippen LogP contribution in [0.25, 0.3) is 17.1 Å². The van der Waals surface area contributed by atoms with Crippen molar-refractivity contribution in [3.8, 4) is 40.3 Å². The second-order valence-electron chi connectivity index (χ2n) is 7.81. The fraction of sp³-hybridized carbons (Fsp3) is 0.160. The first-order valence-corrected chi connectivity index (χ1v) is 10.5. The first-order chi connectivity index (χ1) is 16.3. The summed E-state index contributed by atoms with van der Waals surface area (Å²) in [7, 11) is 3.15. The number of aromatic hydroxyl groups is 3. The van der Waals surface area contributed by atoms with Crippen LogP contribution in [-0.4, -0.2) is 55.0 Å². The van der Waals surface area contributed by atoms with E-state index in [1.165, 1.54) is 15.5 Å². The maximum absolute atomic E-state index is 13.2. The number of hydrogen-bond acceptors (Lipinski definition) is 7. The molecule has 0 aliphatic carbocycles. The molecule has 3 aromatic carbocycles. The Balaban J connectivity index is 1.75. The Kier molecular flexibility index (Phi) is 6.09. The van der Waals surface area contributed by atoms with E-state index in [0.717, 1.165) is 17.2 Å². The fourth-order valence-corrected chi connectivity index (χ4v) is 3.78. The van der Waals surface area contributed by atoms with Gasteiger partial charge in [-0.2, -0.15) is 0 Å². The van der Waals surface area contributed by atoms with Crippen molar-refractivity contribution in [2.75, 3.05) is 14.2 Å². The van der Waals surface area contributed by atoms with Crippen molar-refractivity contribution in [2.45, 2.75) is 13.5 Å². The zero-order valence-electron chi connectivity index (χ0n) is 18.9. The predicted octanol–water partition coefficient (Wildman–Crippen LogP) is 3.64. The van der Waals surface area contributed by atoms with Crippen LogP contribution in [0.15, 0.2) is 60.7 Å². The van der Waals surface area contributed by atoms with Crippen molar-refractivity contribution in [3.63, 3.8) is 0 Å². The van der Waals surface area contributed by atoms with Crippen LogP contribution in [0.4, 0.5) is 0 Å². The molecule has 0 fully saturated rings. The minimum Gasteiger partial charge on any atom is -0.507 e. The number of para-hydroxylation sites is 2. The minimum absolute atomic E-state index is 0.0379. The molecule has 1 aromatic heterocycles. The highest BCUT2D eigenvalue weighted by Crippen LogP contribution is 2.37. The fourth-order valence-electron chi connectivity index (χ4n) is 3.78. The molecular weight excluding hydrogens is 436 g/mol. The highest BCUT2D eigenvalue weighted by atomic mass is 16.5. The Morgan fingerprint density at radius 1 is 1.00 bits per heavy atom. The third-order valence-corrected chi connectivity index (χ3v) is 5.53. The molecule has 3 N–H and O–H groups in total. The molecular formula is C25H24N4O5. The second-order valence-corrected chi connectivity index (χ2v) is 7.81. The van der Waals surface area contributed by atoms with Crippen LogP contribution in [0.3, 0.4) is 0 Å². The van der Waals surface area contributed by atoms with Gasteiger partial charge in [-0.15, -0.1) is 5.10 Å². The standard InChI is InChI=1S/C25H24N4O5/c1-15-8-4-6-10-19(15)29-23(26-27-25(29)33)17-12-18(21(31)13-20(17)30)24(32)28(2)14-16-9-5-7-11-22(16)34-3/h4-13,30-31H,14H2,1-3H3,(H,27,33). The van der Waals surface area contributed by atoms with Gasteiger partial charge in [-0.25, -0.2) is 4.57 Å². The normalized spacial score (nSPS) is 10.8. The number of aromatic nitrogens is 3. The SMILES string of the molecule is COc1ccccc1CN(C)C(=O)c1cc(-c2nnc(O)n2-c2ccccc2C)c(O)cc1O. The summed E-state index contributed by atoms with van der Waals surface area (Å²) >= 11 is 0. The molecule has 174 valence electrons. The second kappa shape index (κ2) is 9.14. The van der Waals surface area contributed by atoms with E-state index >= 15 is 0 Å². The summed E-state index contributed by atoms with van der Waals surface area (Å²) in [6.07, 6.45) is 0. The summed E-state index contributed by atoms with van der Waals surface area (Å²) in [5.41, 5.74) is 2.33. The summed E-state index contributed by atoms with van der Waals surface area (Å²) in [6, 6.07) is 16.6. The van der Waals surface area contributed by atoms with Gasteiger partial charge in [0.25, 0.3) is 5.91 Å². The molecule has 4 rings (SSSR count). The number of carbonyl (C=O) groups excluding carboxylic acids is 1. The number of ether oxygens (including phenoxy) is 1. The zero-order valence-corrected chi connectivity index (χ0v) is 18.9. The quantitative estimate of drug-likeness (QED) is 0.402. The van der Waals surface area contributed by atoms with Gasteiger partial charge in [0.1, 0.15) is 17.2 Å². The molecule has 0 radical (unpaired) electrons. The number of methoxy groups -OCH3 is 1. The van der Waals surface area contributed by atoms with Crippen molar-refractivity contribution < 1.29 is 24.9 Å². The lowest BCUT2D eigenvalue weighted by molar-refractivity contribution is 0.0781. The molecule has 1 heterocycles. The summed E-state index contributed by atoms with van der Waals surface area (Å²) in [4.78, 5) is 14.7. The van der Waals surface area contributed by atoms with Gasteiger partial charge in [0, 0.05) is 25.2 Å². The Bertz CT molecular complexity index is 1370. The highest BCUT2D eigenvalue weighted by Gasteiger charge is 2.24. The van der Waals surface area contributed by atoms with E-state index in [1.54, 1.807) is 32.4 Å². The lowest BCUT2D eigenvalue weighted by Gasteiger charge is -2.20. The smallest absolute Gasteiger partial charge is 0.319 e. The average Bonchev–Trinajstić information content (AvgIpc) is 3.20. The Hall–Kier alpha value is -4.53. The summed E-state index contributed by atoms with van der Waals surface area (Å²) in [6.45, 7) is 2.09. The number of amides is 1. The topological polar surface area (TPSA) is 121 Å². The maximum atomic E-state index is 13.2. The number of nitrogens with zero attached hydrogens (tertiary/aromatic N) is 4. The molecule has 1 amide bonds. The number of phenols is 2. The van der Waals surface area contributed by atoms with Gasteiger partial charge in [-0.1, -0.05) is 41.5 Å². The van der Waals surface area contributed by atoms with Crippen LogP contribution in [0.1, 0.15) is 21.5 Å². The van der Waals surface area contributed by atoms with Crippen molar-refractivity contribution in [2.24, 2.45) is 0 Å². The molecule has 9 nitrogen and oxygen atoms in total. The van der Waals surface area contributed by atoms with E-state index in [0.29, 0.717) is 11.4 Å². The largest absolute Gasteiger partial charge is 0.507 e. The number of benzene rings is 3. The Labute approximate surface area is 196 Å². The van der Waals surface area contributed by atoms with E-state index in [4.69, 9.17) is 4.74 Å². The molecule has 9 heteroatoms. The van der Waals surface area contributed by atoms with Gasteiger partial charge in [-0.05, 0) is 30.7 Å². The lowest BCUT2D eigenvalue weighted by atomic mass is 10.1. The monoisotopic (exact) mass is 460 g/mol. The lowest BCUT2D eigenvalue weighted by Crippen LogP contribution is -2.26. The molecule has 0 bridgehead atoms. The highest BCUT2D eigenvalue weighted by molar-refractivity contribution is 5.98. The van der Waals surface area contributed by atoms with E-state index in [-0.39, 0.29) is 41.0 Å². The van der Waals surface area contributed by atoms with Crippen molar-refractivity contribution in [3.05, 3.63) is 77.4 Å². The van der Waals surface area contributed by atoms with Crippen LogP contribution in [0.2, 0.25) is 0 Å².